The molecular weight excluding hydrogens is 330 g/mol. The second-order valence-electron chi connectivity index (χ2n) is 3.72. The van der Waals surface area contributed by atoms with E-state index in [1.165, 1.54) is 0 Å². The Kier molecular flexibility index (Phi) is 5.20. The van der Waals surface area contributed by atoms with E-state index >= 15 is 0 Å². The van der Waals surface area contributed by atoms with Crippen molar-refractivity contribution < 1.29 is 17.2 Å². The maximum atomic E-state index is 13.5. The predicted octanol–water partition coefficient (Wildman–Crippen LogP) is 1.74. The quantitative estimate of drug-likeness (QED) is 0.856. The van der Waals surface area contributed by atoms with Gasteiger partial charge in [-0.2, -0.15) is 0 Å². The summed E-state index contributed by atoms with van der Waals surface area (Å²) in [6, 6.07) is 1.04. The zero-order chi connectivity index (χ0) is 13.9. The molecule has 0 spiro atoms. The molecule has 3 N–H and O–H groups in total. The molecule has 0 saturated heterocycles. The molecule has 0 bridgehead atoms. The molecule has 0 aliphatic heterocycles. The van der Waals surface area contributed by atoms with Gasteiger partial charge in [-0.3, -0.25) is 0 Å². The molecule has 0 saturated carbocycles. The van der Waals surface area contributed by atoms with E-state index < -0.39 is 26.6 Å². The minimum atomic E-state index is -4.06. The third-order valence-corrected chi connectivity index (χ3v) is 4.68. The summed E-state index contributed by atoms with van der Waals surface area (Å²) in [5, 5.41) is 0. The number of benzene rings is 1. The largest absolute Gasteiger partial charge is 0.327 e. The molecule has 0 radical (unpaired) electrons. The van der Waals surface area contributed by atoms with Crippen molar-refractivity contribution >= 4 is 26.0 Å². The van der Waals surface area contributed by atoms with Crippen molar-refractivity contribution in [2.45, 2.75) is 24.3 Å². The van der Waals surface area contributed by atoms with Crippen LogP contribution in [-0.4, -0.2) is 21.0 Å². The average Bonchev–Trinajstić information content (AvgIpc) is 2.24. The summed E-state index contributed by atoms with van der Waals surface area (Å²) < 4.78 is 52.1. The summed E-state index contributed by atoms with van der Waals surface area (Å²) in [6.07, 6.45) is 0.579. The molecule has 8 heteroatoms. The molecule has 0 aliphatic carbocycles. The van der Waals surface area contributed by atoms with Crippen LogP contribution < -0.4 is 10.5 Å². The number of rotatable bonds is 5. The Morgan fingerprint density at radius 3 is 2.56 bits per heavy atom. The van der Waals surface area contributed by atoms with Gasteiger partial charge in [0, 0.05) is 23.1 Å². The summed E-state index contributed by atoms with van der Waals surface area (Å²) >= 11 is 2.83. The monoisotopic (exact) mass is 342 g/mol. The Balaban J connectivity index is 3.06. The summed E-state index contributed by atoms with van der Waals surface area (Å²) in [4.78, 5) is -0.618. The lowest BCUT2D eigenvalue weighted by Crippen LogP contribution is -2.37. The van der Waals surface area contributed by atoms with Gasteiger partial charge in [0.1, 0.15) is 16.5 Å². The molecule has 18 heavy (non-hydrogen) atoms. The molecule has 1 atom stereocenters. The van der Waals surface area contributed by atoms with Crippen LogP contribution in [0, 0.1) is 11.6 Å². The molecule has 1 rings (SSSR count). The normalized spacial score (nSPS) is 13.6. The molecule has 102 valence electrons. The van der Waals surface area contributed by atoms with Crippen LogP contribution in [0.25, 0.3) is 0 Å². The molecular formula is C10H13BrF2N2O2S. The van der Waals surface area contributed by atoms with Gasteiger partial charge in [0.05, 0.1) is 0 Å². The Labute approximate surface area is 113 Å². The maximum absolute atomic E-state index is 13.5. The maximum Gasteiger partial charge on any atom is 0.244 e. The van der Waals surface area contributed by atoms with Crippen LogP contribution in [0.15, 0.2) is 21.5 Å². The SMILES string of the molecule is CCC(N)CNS(=O)(=O)c1c(F)cc(F)cc1Br. The molecule has 1 unspecified atom stereocenters. The summed E-state index contributed by atoms with van der Waals surface area (Å²) in [5.74, 6) is -2.01. The van der Waals surface area contributed by atoms with Crippen molar-refractivity contribution in [2.24, 2.45) is 5.73 Å². The van der Waals surface area contributed by atoms with Crippen molar-refractivity contribution in [1.29, 1.82) is 0 Å². The van der Waals surface area contributed by atoms with Gasteiger partial charge in [0.2, 0.25) is 10.0 Å². The molecule has 1 aromatic carbocycles. The van der Waals surface area contributed by atoms with E-state index in [0.29, 0.717) is 12.5 Å². The van der Waals surface area contributed by atoms with Crippen LogP contribution in [0.4, 0.5) is 8.78 Å². The first-order valence-electron chi connectivity index (χ1n) is 5.17. The van der Waals surface area contributed by atoms with Crippen molar-refractivity contribution in [3.8, 4) is 0 Å². The molecule has 0 aliphatic rings. The van der Waals surface area contributed by atoms with Crippen LogP contribution in [0.2, 0.25) is 0 Å². The second-order valence-corrected chi connectivity index (χ2v) is 6.28. The van der Waals surface area contributed by atoms with Crippen molar-refractivity contribution in [1.82, 2.24) is 4.72 Å². The first kappa shape index (κ1) is 15.5. The van der Waals surface area contributed by atoms with E-state index in [1.807, 2.05) is 0 Å². The van der Waals surface area contributed by atoms with Crippen molar-refractivity contribution in [3.05, 3.63) is 28.2 Å². The summed E-state index contributed by atoms with van der Waals surface area (Å²) in [6.45, 7) is 1.79. The molecule has 0 heterocycles. The highest BCUT2D eigenvalue weighted by molar-refractivity contribution is 9.10. The van der Waals surface area contributed by atoms with Gasteiger partial charge in [-0.15, -0.1) is 0 Å². The first-order valence-corrected chi connectivity index (χ1v) is 7.45. The summed E-state index contributed by atoms with van der Waals surface area (Å²) in [7, 11) is -4.06. The van der Waals surface area contributed by atoms with Gasteiger partial charge in [-0.05, 0) is 28.4 Å². The van der Waals surface area contributed by atoms with Crippen LogP contribution in [-0.2, 0) is 10.0 Å². The van der Waals surface area contributed by atoms with E-state index in [4.69, 9.17) is 5.73 Å². The smallest absolute Gasteiger partial charge is 0.244 e. The van der Waals surface area contributed by atoms with Crippen molar-refractivity contribution in [3.63, 3.8) is 0 Å². The molecule has 1 aromatic rings. The van der Waals surface area contributed by atoms with Gasteiger partial charge >= 0.3 is 0 Å². The van der Waals surface area contributed by atoms with Gasteiger partial charge < -0.3 is 5.73 Å². The Hall–Kier alpha value is -0.570. The number of sulfonamides is 1. The third-order valence-electron chi connectivity index (χ3n) is 2.29. The van der Waals surface area contributed by atoms with Gasteiger partial charge in [-0.25, -0.2) is 21.9 Å². The van der Waals surface area contributed by atoms with Crippen LogP contribution in [0.5, 0.6) is 0 Å². The minimum Gasteiger partial charge on any atom is -0.327 e. The predicted molar refractivity (Wildman–Crippen MR) is 67.5 cm³/mol. The lowest BCUT2D eigenvalue weighted by molar-refractivity contribution is 0.534. The zero-order valence-electron chi connectivity index (χ0n) is 9.58. The molecule has 0 aromatic heterocycles. The summed E-state index contributed by atoms with van der Waals surface area (Å²) in [5.41, 5.74) is 5.57. The van der Waals surface area contributed by atoms with Gasteiger partial charge in [0.15, 0.2) is 0 Å². The molecule has 4 nitrogen and oxygen atoms in total. The number of halogens is 3. The van der Waals surface area contributed by atoms with E-state index in [2.05, 4.69) is 20.7 Å². The molecule has 0 fully saturated rings. The fourth-order valence-electron chi connectivity index (χ4n) is 1.22. The second kappa shape index (κ2) is 6.05. The van der Waals surface area contributed by atoms with Crippen molar-refractivity contribution in [2.75, 3.05) is 6.54 Å². The van der Waals surface area contributed by atoms with Gasteiger partial charge in [-0.1, -0.05) is 6.92 Å². The topological polar surface area (TPSA) is 72.2 Å². The highest BCUT2D eigenvalue weighted by atomic mass is 79.9. The van der Waals surface area contributed by atoms with Crippen LogP contribution in [0.3, 0.4) is 0 Å². The van der Waals surface area contributed by atoms with Crippen LogP contribution in [0.1, 0.15) is 13.3 Å². The average molecular weight is 343 g/mol. The fraction of sp³-hybridized carbons (Fsp3) is 0.400. The minimum absolute atomic E-state index is 0.0118. The Morgan fingerprint density at radius 1 is 1.44 bits per heavy atom. The zero-order valence-corrected chi connectivity index (χ0v) is 12.0. The fourth-order valence-corrected chi connectivity index (χ4v) is 3.48. The highest BCUT2D eigenvalue weighted by Crippen LogP contribution is 2.25. The lowest BCUT2D eigenvalue weighted by Gasteiger charge is -2.12. The van der Waals surface area contributed by atoms with E-state index in [0.717, 1.165) is 6.07 Å². The van der Waals surface area contributed by atoms with E-state index in [1.54, 1.807) is 6.92 Å². The number of hydrogen-bond donors (Lipinski definition) is 2. The Morgan fingerprint density at radius 2 is 2.06 bits per heavy atom. The highest BCUT2D eigenvalue weighted by Gasteiger charge is 2.23. The number of nitrogens with two attached hydrogens (primary N) is 1. The van der Waals surface area contributed by atoms with E-state index in [-0.39, 0.29) is 17.1 Å². The molecule has 0 amide bonds. The van der Waals surface area contributed by atoms with E-state index in [9.17, 15) is 17.2 Å². The van der Waals surface area contributed by atoms with Gasteiger partial charge in [0.25, 0.3) is 0 Å². The Bertz CT molecular complexity index is 514. The van der Waals surface area contributed by atoms with Crippen LogP contribution >= 0.6 is 15.9 Å². The standard InChI is InChI=1S/C10H13BrF2N2O2S/c1-2-7(14)5-15-18(16,17)10-8(11)3-6(12)4-9(10)13/h3-4,7,15H,2,5,14H2,1H3. The third kappa shape index (κ3) is 3.71. The number of hydrogen-bond acceptors (Lipinski definition) is 3. The number of nitrogens with one attached hydrogen (secondary N) is 1. The lowest BCUT2D eigenvalue weighted by atomic mass is 10.2. The first-order chi connectivity index (χ1) is 8.27.